The van der Waals surface area contributed by atoms with Gasteiger partial charge in [0.2, 0.25) is 11.8 Å². The molecule has 0 bridgehead atoms. The molecule has 2 aliphatic rings. The monoisotopic (exact) mass is 373 g/mol. The quantitative estimate of drug-likeness (QED) is 0.721. The maximum absolute atomic E-state index is 12.4. The molecule has 7 heteroatoms. The maximum atomic E-state index is 12.4. The average molecular weight is 373 g/mol. The molecule has 1 aromatic heterocycles. The molecule has 0 spiro atoms. The lowest BCUT2D eigenvalue weighted by Crippen LogP contribution is -2.49. The summed E-state index contributed by atoms with van der Waals surface area (Å²) < 4.78 is 5.85. The first-order valence-corrected chi connectivity index (χ1v) is 9.57. The molecular weight excluding hydrogens is 346 g/mol. The highest BCUT2D eigenvalue weighted by atomic mass is 16.5. The molecule has 0 saturated carbocycles. The van der Waals surface area contributed by atoms with Gasteiger partial charge < -0.3 is 20.1 Å². The summed E-state index contributed by atoms with van der Waals surface area (Å²) in [7, 11) is 0. The molecule has 2 N–H and O–H groups in total. The second-order valence-corrected chi connectivity index (χ2v) is 7.02. The van der Waals surface area contributed by atoms with E-state index in [1.807, 2.05) is 17.0 Å². The number of hydrogen-bond donors (Lipinski definition) is 2. The van der Waals surface area contributed by atoms with Crippen molar-refractivity contribution in [3.8, 4) is 0 Å². The fraction of sp³-hybridized carbons (Fsp3) is 0.550. The van der Waals surface area contributed by atoms with Crippen molar-refractivity contribution >= 4 is 11.8 Å². The van der Waals surface area contributed by atoms with Crippen LogP contribution in [0.2, 0.25) is 0 Å². The fourth-order valence-electron chi connectivity index (χ4n) is 3.48. The van der Waals surface area contributed by atoms with E-state index in [1.165, 1.54) is 6.42 Å². The Kier molecular flexibility index (Phi) is 6.95. The van der Waals surface area contributed by atoms with Crippen LogP contribution in [0.15, 0.2) is 36.5 Å². The molecule has 0 aromatic carbocycles. The first-order valence-electron chi connectivity index (χ1n) is 9.57. The van der Waals surface area contributed by atoms with Gasteiger partial charge >= 0.3 is 0 Å². The third-order valence-corrected chi connectivity index (χ3v) is 4.94. The minimum atomic E-state index is -0.568. The molecular formula is C20H27N3O4. The molecule has 27 heavy (non-hydrogen) atoms. The second-order valence-electron chi connectivity index (χ2n) is 7.02. The van der Waals surface area contributed by atoms with Gasteiger partial charge in [0.25, 0.3) is 0 Å². The van der Waals surface area contributed by atoms with E-state index in [2.05, 4.69) is 10.3 Å². The van der Waals surface area contributed by atoms with Crippen molar-refractivity contribution in [1.29, 1.82) is 0 Å². The molecule has 7 nitrogen and oxygen atoms in total. The normalized spacial score (nSPS) is 25.2. The van der Waals surface area contributed by atoms with Crippen LogP contribution >= 0.6 is 0 Å². The molecule has 3 heterocycles. The molecule has 146 valence electrons. The molecule has 3 atom stereocenters. The summed E-state index contributed by atoms with van der Waals surface area (Å²) >= 11 is 0. The van der Waals surface area contributed by atoms with Gasteiger partial charge in [0, 0.05) is 25.0 Å². The lowest BCUT2D eigenvalue weighted by Gasteiger charge is -2.33. The van der Waals surface area contributed by atoms with Gasteiger partial charge in [-0.05, 0) is 31.4 Å². The van der Waals surface area contributed by atoms with Crippen molar-refractivity contribution in [2.75, 3.05) is 19.7 Å². The largest absolute Gasteiger partial charge is 0.394 e. The van der Waals surface area contributed by atoms with Crippen LogP contribution in [0.25, 0.3) is 0 Å². The van der Waals surface area contributed by atoms with E-state index in [0.29, 0.717) is 5.69 Å². The Hall–Kier alpha value is -2.25. The van der Waals surface area contributed by atoms with Crippen molar-refractivity contribution in [1.82, 2.24) is 15.2 Å². The highest BCUT2D eigenvalue weighted by molar-refractivity contribution is 5.79. The van der Waals surface area contributed by atoms with Crippen molar-refractivity contribution < 1.29 is 19.4 Å². The SMILES string of the molecule is O=C(Cc1ccccn1)N[C@H]1C=C[C@@H](CC(=O)N2CCCCC2)O[C@H]1CO. The van der Waals surface area contributed by atoms with Crippen LogP contribution in [0, 0.1) is 0 Å². The zero-order chi connectivity index (χ0) is 19.1. The van der Waals surface area contributed by atoms with E-state index in [4.69, 9.17) is 4.74 Å². The fourth-order valence-corrected chi connectivity index (χ4v) is 3.48. The Bertz CT molecular complexity index is 658. The molecule has 2 aliphatic heterocycles. The summed E-state index contributed by atoms with van der Waals surface area (Å²) in [4.78, 5) is 30.6. The summed E-state index contributed by atoms with van der Waals surface area (Å²) in [6.07, 6.45) is 8.04. The number of aliphatic hydroxyl groups excluding tert-OH is 1. The number of piperidine rings is 1. The zero-order valence-corrected chi connectivity index (χ0v) is 15.4. The van der Waals surface area contributed by atoms with E-state index in [0.717, 1.165) is 25.9 Å². The van der Waals surface area contributed by atoms with Crippen LogP contribution in [-0.4, -0.2) is 64.8 Å². The highest BCUT2D eigenvalue weighted by Crippen LogP contribution is 2.18. The molecule has 2 amide bonds. The number of hydrogen-bond acceptors (Lipinski definition) is 5. The first-order chi connectivity index (χ1) is 13.2. The van der Waals surface area contributed by atoms with Crippen molar-refractivity contribution in [2.24, 2.45) is 0 Å². The summed E-state index contributed by atoms with van der Waals surface area (Å²) in [6.45, 7) is 1.39. The topological polar surface area (TPSA) is 91.8 Å². The van der Waals surface area contributed by atoms with Gasteiger partial charge in [0.05, 0.1) is 31.6 Å². The third kappa shape index (κ3) is 5.61. The summed E-state index contributed by atoms with van der Waals surface area (Å²) in [6, 6.07) is 5.00. The molecule has 3 rings (SSSR count). The van der Waals surface area contributed by atoms with Gasteiger partial charge in [0.15, 0.2) is 0 Å². The predicted molar refractivity (Wildman–Crippen MR) is 99.8 cm³/mol. The van der Waals surface area contributed by atoms with E-state index < -0.39 is 12.1 Å². The molecule has 0 aliphatic carbocycles. The second kappa shape index (κ2) is 9.62. The molecule has 1 aromatic rings. The number of amides is 2. The van der Waals surface area contributed by atoms with Crippen LogP contribution in [0.1, 0.15) is 31.4 Å². The Balaban J connectivity index is 1.52. The molecule has 1 saturated heterocycles. The molecule has 1 fully saturated rings. The number of carbonyl (C=O) groups is 2. The number of ether oxygens (including phenoxy) is 1. The van der Waals surface area contributed by atoms with Crippen LogP contribution in [0.4, 0.5) is 0 Å². The Labute approximate surface area is 159 Å². The highest BCUT2D eigenvalue weighted by Gasteiger charge is 2.30. The van der Waals surface area contributed by atoms with Gasteiger partial charge in [-0.25, -0.2) is 0 Å². The standard InChI is InChI=1S/C20H27N3O4/c24-14-18-17(22-19(25)12-15-6-2-3-9-21-15)8-7-16(27-18)13-20(26)23-10-4-1-5-11-23/h2-3,6-9,16-18,24H,1,4-5,10-14H2,(H,22,25)/t16-,17-,18-/m0/s1. The lowest BCUT2D eigenvalue weighted by molar-refractivity contribution is -0.137. The average Bonchev–Trinajstić information content (AvgIpc) is 2.70. The van der Waals surface area contributed by atoms with E-state index >= 15 is 0 Å². The van der Waals surface area contributed by atoms with Gasteiger partial charge in [-0.1, -0.05) is 18.2 Å². The first kappa shape index (κ1) is 19.5. The number of likely N-dealkylation sites (tertiary alicyclic amines) is 1. The number of carbonyl (C=O) groups excluding carboxylic acids is 2. The van der Waals surface area contributed by atoms with E-state index in [1.54, 1.807) is 24.4 Å². The van der Waals surface area contributed by atoms with Crippen LogP contribution in [-0.2, 0) is 20.7 Å². The smallest absolute Gasteiger partial charge is 0.226 e. The number of pyridine rings is 1. The van der Waals surface area contributed by atoms with E-state index in [-0.39, 0.29) is 37.4 Å². The van der Waals surface area contributed by atoms with Crippen LogP contribution in [0.5, 0.6) is 0 Å². The third-order valence-electron chi connectivity index (χ3n) is 4.94. The van der Waals surface area contributed by atoms with Crippen molar-refractivity contribution in [3.63, 3.8) is 0 Å². The maximum Gasteiger partial charge on any atom is 0.226 e. The van der Waals surface area contributed by atoms with Crippen LogP contribution < -0.4 is 5.32 Å². The summed E-state index contributed by atoms with van der Waals surface area (Å²) in [5.41, 5.74) is 0.682. The Morgan fingerprint density at radius 2 is 2.04 bits per heavy atom. The van der Waals surface area contributed by atoms with E-state index in [9.17, 15) is 14.7 Å². The van der Waals surface area contributed by atoms with Gasteiger partial charge in [-0.3, -0.25) is 14.6 Å². The summed E-state index contributed by atoms with van der Waals surface area (Å²) in [5, 5.41) is 12.5. The predicted octanol–water partition coefficient (Wildman–Crippen LogP) is 0.827. The van der Waals surface area contributed by atoms with Gasteiger partial charge in [0.1, 0.15) is 6.10 Å². The van der Waals surface area contributed by atoms with Crippen LogP contribution in [0.3, 0.4) is 0 Å². The molecule has 0 radical (unpaired) electrons. The molecule has 0 unspecified atom stereocenters. The van der Waals surface area contributed by atoms with Gasteiger partial charge in [-0.15, -0.1) is 0 Å². The number of nitrogens with one attached hydrogen (secondary N) is 1. The lowest BCUT2D eigenvalue weighted by atomic mass is 10.0. The number of nitrogens with zero attached hydrogens (tertiary/aromatic N) is 2. The zero-order valence-electron chi connectivity index (χ0n) is 15.4. The number of aromatic nitrogens is 1. The Morgan fingerprint density at radius 3 is 2.74 bits per heavy atom. The van der Waals surface area contributed by atoms with Crippen molar-refractivity contribution in [3.05, 3.63) is 42.2 Å². The number of rotatable bonds is 6. The minimum absolute atomic E-state index is 0.0821. The number of aliphatic hydroxyl groups is 1. The van der Waals surface area contributed by atoms with Gasteiger partial charge in [-0.2, -0.15) is 0 Å². The minimum Gasteiger partial charge on any atom is -0.394 e. The summed E-state index contributed by atoms with van der Waals surface area (Å²) in [5.74, 6) is -0.105. The Morgan fingerprint density at radius 1 is 1.22 bits per heavy atom. The van der Waals surface area contributed by atoms with Crippen molar-refractivity contribution in [2.45, 2.75) is 50.4 Å².